The van der Waals surface area contributed by atoms with Gasteiger partial charge in [0.1, 0.15) is 5.82 Å². The number of nitrogens with zero attached hydrogens (tertiary/aromatic N) is 2. The van der Waals surface area contributed by atoms with Gasteiger partial charge in [0, 0.05) is 25.7 Å². The second-order valence-electron chi connectivity index (χ2n) is 6.53. The van der Waals surface area contributed by atoms with Gasteiger partial charge in [-0.25, -0.2) is 4.39 Å². The summed E-state index contributed by atoms with van der Waals surface area (Å²) in [6, 6.07) is 5.15. The summed E-state index contributed by atoms with van der Waals surface area (Å²) < 4.78 is 13.5. The second-order valence-corrected chi connectivity index (χ2v) is 6.53. The minimum Gasteiger partial charge on any atom is -0.342 e. The van der Waals surface area contributed by atoms with Gasteiger partial charge in [-0.05, 0) is 49.4 Å². The van der Waals surface area contributed by atoms with Gasteiger partial charge in [-0.1, -0.05) is 18.9 Å². The van der Waals surface area contributed by atoms with Crippen molar-refractivity contribution in [2.75, 3.05) is 26.2 Å². The molecule has 1 atom stereocenters. The van der Waals surface area contributed by atoms with Crippen molar-refractivity contribution in [1.82, 2.24) is 9.80 Å². The minimum absolute atomic E-state index is 0.107. The van der Waals surface area contributed by atoms with Crippen LogP contribution in [0.4, 0.5) is 4.39 Å². The lowest BCUT2D eigenvalue weighted by atomic mass is 9.93. The zero-order valence-corrected chi connectivity index (χ0v) is 13.4. The van der Waals surface area contributed by atoms with Crippen molar-refractivity contribution in [3.05, 3.63) is 35.1 Å². The summed E-state index contributed by atoms with van der Waals surface area (Å²) in [5.41, 5.74) is 2.25. The average molecular weight is 304 g/mol. The van der Waals surface area contributed by atoms with Gasteiger partial charge in [-0.2, -0.15) is 0 Å². The minimum atomic E-state index is -0.189. The molecule has 0 saturated carbocycles. The van der Waals surface area contributed by atoms with E-state index in [0.29, 0.717) is 6.54 Å². The third-order valence-corrected chi connectivity index (χ3v) is 5.07. The third-order valence-electron chi connectivity index (χ3n) is 5.07. The van der Waals surface area contributed by atoms with E-state index in [0.717, 1.165) is 44.5 Å². The maximum atomic E-state index is 13.5. The summed E-state index contributed by atoms with van der Waals surface area (Å²) >= 11 is 0. The molecule has 4 heteroatoms. The van der Waals surface area contributed by atoms with Gasteiger partial charge in [-0.3, -0.25) is 9.69 Å². The fraction of sp³-hybridized carbons (Fsp3) is 0.611. The van der Waals surface area contributed by atoms with E-state index in [4.69, 9.17) is 0 Å². The van der Waals surface area contributed by atoms with Crippen LogP contribution in [-0.4, -0.2) is 41.9 Å². The molecule has 2 aliphatic rings. The van der Waals surface area contributed by atoms with Crippen molar-refractivity contribution in [3.8, 4) is 0 Å². The number of fused-ring (bicyclic) bond motifs is 1. The number of benzene rings is 1. The maximum Gasteiger partial charge on any atom is 0.236 e. The second kappa shape index (κ2) is 6.78. The van der Waals surface area contributed by atoms with Gasteiger partial charge >= 0.3 is 0 Å². The molecule has 1 amide bonds. The van der Waals surface area contributed by atoms with Gasteiger partial charge in [-0.15, -0.1) is 0 Å². The van der Waals surface area contributed by atoms with E-state index in [9.17, 15) is 9.18 Å². The van der Waals surface area contributed by atoms with Crippen LogP contribution in [0.15, 0.2) is 18.2 Å². The van der Waals surface area contributed by atoms with Crippen LogP contribution in [0.2, 0.25) is 0 Å². The summed E-state index contributed by atoms with van der Waals surface area (Å²) in [7, 11) is 0. The molecule has 0 spiro atoms. The predicted molar refractivity (Wildman–Crippen MR) is 85.1 cm³/mol. The molecule has 0 bridgehead atoms. The SMILES string of the molecule is C[C@H]1c2cc(F)ccc2CCN1CC(=O)N1CCCCCC1. The van der Waals surface area contributed by atoms with E-state index >= 15 is 0 Å². The molecule has 1 aromatic rings. The van der Waals surface area contributed by atoms with Crippen LogP contribution in [0.5, 0.6) is 0 Å². The van der Waals surface area contributed by atoms with E-state index in [1.165, 1.54) is 24.5 Å². The zero-order chi connectivity index (χ0) is 15.5. The lowest BCUT2D eigenvalue weighted by Crippen LogP contribution is -2.44. The molecule has 1 fully saturated rings. The van der Waals surface area contributed by atoms with Gasteiger partial charge in [0.2, 0.25) is 5.91 Å². The Bertz CT molecular complexity index is 538. The first-order valence-electron chi connectivity index (χ1n) is 8.45. The molecule has 0 unspecified atom stereocenters. The number of halogens is 1. The lowest BCUT2D eigenvalue weighted by molar-refractivity contribution is -0.133. The van der Waals surface area contributed by atoms with Crippen molar-refractivity contribution < 1.29 is 9.18 Å². The summed E-state index contributed by atoms with van der Waals surface area (Å²) in [4.78, 5) is 16.8. The fourth-order valence-corrected chi connectivity index (χ4v) is 3.65. The molecular formula is C18H25FN2O. The molecule has 22 heavy (non-hydrogen) atoms. The van der Waals surface area contributed by atoms with Gasteiger partial charge in [0.05, 0.1) is 6.54 Å². The number of carbonyl (C=O) groups is 1. The van der Waals surface area contributed by atoms with Crippen LogP contribution in [0.25, 0.3) is 0 Å². The largest absolute Gasteiger partial charge is 0.342 e. The van der Waals surface area contributed by atoms with E-state index < -0.39 is 0 Å². The summed E-state index contributed by atoms with van der Waals surface area (Å²) in [5, 5.41) is 0. The normalized spacial score (nSPS) is 23.0. The summed E-state index contributed by atoms with van der Waals surface area (Å²) in [6.07, 6.45) is 5.60. The van der Waals surface area contributed by atoms with Crippen molar-refractivity contribution in [3.63, 3.8) is 0 Å². The molecular weight excluding hydrogens is 279 g/mol. The fourth-order valence-electron chi connectivity index (χ4n) is 3.65. The smallest absolute Gasteiger partial charge is 0.236 e. The Morgan fingerprint density at radius 2 is 1.91 bits per heavy atom. The van der Waals surface area contributed by atoms with E-state index in [2.05, 4.69) is 11.8 Å². The van der Waals surface area contributed by atoms with Crippen molar-refractivity contribution in [2.45, 2.75) is 45.1 Å². The highest BCUT2D eigenvalue weighted by atomic mass is 19.1. The Labute approximate surface area is 132 Å². The highest BCUT2D eigenvalue weighted by Crippen LogP contribution is 2.29. The van der Waals surface area contributed by atoms with Crippen LogP contribution in [0.3, 0.4) is 0 Å². The quantitative estimate of drug-likeness (QED) is 0.838. The molecule has 120 valence electrons. The zero-order valence-electron chi connectivity index (χ0n) is 13.4. The number of likely N-dealkylation sites (tertiary alicyclic amines) is 1. The Hall–Kier alpha value is -1.42. The average Bonchev–Trinajstić information content (AvgIpc) is 2.80. The van der Waals surface area contributed by atoms with E-state index in [-0.39, 0.29) is 17.8 Å². The van der Waals surface area contributed by atoms with Crippen LogP contribution in [0, 0.1) is 5.82 Å². The Kier molecular flexibility index (Phi) is 4.77. The molecule has 0 N–H and O–H groups in total. The molecule has 2 heterocycles. The van der Waals surface area contributed by atoms with E-state index in [1.807, 2.05) is 11.0 Å². The van der Waals surface area contributed by atoms with Crippen molar-refractivity contribution in [1.29, 1.82) is 0 Å². The van der Waals surface area contributed by atoms with E-state index in [1.54, 1.807) is 6.07 Å². The van der Waals surface area contributed by atoms with Gasteiger partial charge < -0.3 is 4.90 Å². The molecule has 2 aliphatic heterocycles. The van der Waals surface area contributed by atoms with Crippen molar-refractivity contribution >= 4 is 5.91 Å². The molecule has 0 radical (unpaired) electrons. The van der Waals surface area contributed by atoms with Gasteiger partial charge in [0.25, 0.3) is 0 Å². The molecule has 1 aromatic carbocycles. The first kappa shape index (κ1) is 15.5. The number of rotatable bonds is 2. The maximum absolute atomic E-state index is 13.5. The Morgan fingerprint density at radius 1 is 1.18 bits per heavy atom. The number of carbonyl (C=O) groups excluding carboxylic acids is 1. The summed E-state index contributed by atoms with van der Waals surface area (Å²) in [6.45, 7) is 5.20. The molecule has 0 aliphatic carbocycles. The van der Waals surface area contributed by atoms with Gasteiger partial charge in [0.15, 0.2) is 0 Å². The topological polar surface area (TPSA) is 23.6 Å². The van der Waals surface area contributed by atoms with Crippen LogP contribution in [0.1, 0.15) is 49.8 Å². The monoisotopic (exact) mass is 304 g/mol. The molecule has 3 nitrogen and oxygen atoms in total. The predicted octanol–water partition coefficient (Wildman–Crippen LogP) is 3.15. The Morgan fingerprint density at radius 3 is 2.64 bits per heavy atom. The highest BCUT2D eigenvalue weighted by Gasteiger charge is 2.27. The Balaban J connectivity index is 1.67. The summed E-state index contributed by atoms with van der Waals surface area (Å²) in [5.74, 6) is 0.0416. The third kappa shape index (κ3) is 3.32. The lowest BCUT2D eigenvalue weighted by Gasteiger charge is -2.36. The molecule has 0 aromatic heterocycles. The standard InChI is InChI=1S/C18H25FN2O/c1-14-17-12-16(19)7-6-15(17)8-11-21(14)13-18(22)20-9-4-2-3-5-10-20/h6-7,12,14H,2-5,8-11,13H2,1H3/t14-/m0/s1. The van der Waals surface area contributed by atoms with Crippen LogP contribution >= 0.6 is 0 Å². The number of hydrogen-bond donors (Lipinski definition) is 0. The number of hydrogen-bond acceptors (Lipinski definition) is 2. The number of amides is 1. The first-order chi connectivity index (χ1) is 10.6. The van der Waals surface area contributed by atoms with Crippen LogP contribution in [-0.2, 0) is 11.2 Å². The highest BCUT2D eigenvalue weighted by molar-refractivity contribution is 5.78. The first-order valence-corrected chi connectivity index (χ1v) is 8.45. The van der Waals surface area contributed by atoms with Crippen LogP contribution < -0.4 is 0 Å². The molecule has 3 rings (SSSR count). The molecule has 1 saturated heterocycles. The van der Waals surface area contributed by atoms with Crippen molar-refractivity contribution in [2.24, 2.45) is 0 Å².